The van der Waals surface area contributed by atoms with E-state index >= 15 is 0 Å². The Morgan fingerprint density at radius 2 is 1.95 bits per heavy atom. The van der Waals surface area contributed by atoms with Gasteiger partial charge in [0.15, 0.2) is 0 Å². The van der Waals surface area contributed by atoms with E-state index in [1.165, 1.54) is 19.1 Å². The van der Waals surface area contributed by atoms with Crippen molar-refractivity contribution in [1.82, 2.24) is 5.32 Å². The minimum absolute atomic E-state index is 0.200. The molecule has 1 N–H and O–H groups in total. The monoisotopic (exact) mass is 290 g/mol. The van der Waals surface area contributed by atoms with Crippen molar-refractivity contribution in [2.24, 2.45) is 5.11 Å². The summed E-state index contributed by atoms with van der Waals surface area (Å²) in [5.74, 6) is -1.03. The number of azide groups is 1. The van der Waals surface area contributed by atoms with Crippen molar-refractivity contribution in [2.75, 3.05) is 0 Å². The Kier molecular flexibility index (Phi) is 5.32. The van der Waals surface area contributed by atoms with Gasteiger partial charge in [-0.2, -0.15) is 0 Å². The summed E-state index contributed by atoms with van der Waals surface area (Å²) < 4.78 is 5.18. The number of carbonyl (C=O) groups is 2. The van der Waals surface area contributed by atoms with E-state index in [2.05, 4.69) is 15.3 Å². The van der Waals surface area contributed by atoms with Gasteiger partial charge in [-0.15, -0.1) is 0 Å². The van der Waals surface area contributed by atoms with E-state index in [1.54, 1.807) is 32.9 Å². The lowest BCUT2D eigenvalue weighted by Crippen LogP contribution is -2.42. The third kappa shape index (κ3) is 5.16. The molecular weight excluding hydrogens is 272 g/mol. The molecule has 0 heterocycles. The number of hydrogen-bond donors (Lipinski definition) is 1. The highest BCUT2D eigenvalue weighted by Crippen LogP contribution is 2.19. The van der Waals surface area contributed by atoms with E-state index in [4.69, 9.17) is 10.3 Å². The second-order valence-electron chi connectivity index (χ2n) is 5.44. The third-order valence-electron chi connectivity index (χ3n) is 2.41. The summed E-state index contributed by atoms with van der Waals surface area (Å²) >= 11 is 0. The number of amides is 1. The Hall–Kier alpha value is -2.53. The molecule has 1 aromatic carbocycles. The van der Waals surface area contributed by atoms with Crippen LogP contribution in [0.1, 0.15) is 38.1 Å². The van der Waals surface area contributed by atoms with Gasteiger partial charge in [0, 0.05) is 10.5 Å². The van der Waals surface area contributed by atoms with Crippen molar-refractivity contribution in [1.29, 1.82) is 0 Å². The first-order valence-electron chi connectivity index (χ1n) is 6.42. The van der Waals surface area contributed by atoms with Crippen LogP contribution in [0.5, 0.6) is 0 Å². The lowest BCUT2D eigenvalue weighted by Gasteiger charge is -2.22. The molecule has 0 radical (unpaired) electrons. The van der Waals surface area contributed by atoms with Gasteiger partial charge in [-0.3, -0.25) is 4.79 Å². The molecule has 1 rings (SSSR count). The molecule has 7 nitrogen and oxygen atoms in total. The minimum atomic E-state index is -0.809. The summed E-state index contributed by atoms with van der Waals surface area (Å²) in [6.45, 7) is 6.77. The van der Waals surface area contributed by atoms with Gasteiger partial charge in [0.25, 0.3) is 5.91 Å². The maximum atomic E-state index is 12.1. The molecule has 0 bridgehead atoms. The molecule has 1 aromatic rings. The van der Waals surface area contributed by atoms with Crippen LogP contribution in [0.4, 0.5) is 5.69 Å². The van der Waals surface area contributed by atoms with Gasteiger partial charge >= 0.3 is 5.97 Å². The maximum absolute atomic E-state index is 12.1. The molecule has 21 heavy (non-hydrogen) atoms. The van der Waals surface area contributed by atoms with Crippen LogP contribution in [0.25, 0.3) is 10.4 Å². The summed E-state index contributed by atoms with van der Waals surface area (Å²) in [7, 11) is 0. The van der Waals surface area contributed by atoms with E-state index in [9.17, 15) is 9.59 Å². The number of nitrogens with one attached hydrogen (secondary N) is 1. The Morgan fingerprint density at radius 1 is 1.33 bits per heavy atom. The molecule has 1 atom stereocenters. The van der Waals surface area contributed by atoms with Crippen LogP contribution in [0.3, 0.4) is 0 Å². The van der Waals surface area contributed by atoms with Gasteiger partial charge in [0.05, 0.1) is 5.69 Å². The number of esters is 1. The molecular formula is C14H18N4O3. The number of benzene rings is 1. The van der Waals surface area contributed by atoms with E-state index in [0.717, 1.165) is 0 Å². The molecule has 0 aliphatic carbocycles. The Labute approximate surface area is 122 Å². The van der Waals surface area contributed by atoms with Crippen LogP contribution in [-0.4, -0.2) is 23.5 Å². The molecule has 7 heteroatoms. The molecule has 0 fully saturated rings. The molecule has 1 amide bonds. The van der Waals surface area contributed by atoms with Gasteiger partial charge in [-0.1, -0.05) is 23.3 Å². The average molecular weight is 290 g/mol. The van der Waals surface area contributed by atoms with Crippen LogP contribution in [0, 0.1) is 0 Å². The van der Waals surface area contributed by atoms with Gasteiger partial charge < -0.3 is 10.1 Å². The number of nitrogens with zero attached hydrogens (tertiary/aromatic N) is 3. The summed E-state index contributed by atoms with van der Waals surface area (Å²) in [6, 6.07) is 5.52. The molecule has 0 aromatic heterocycles. The highest BCUT2D eigenvalue weighted by molar-refractivity contribution is 6.00. The van der Waals surface area contributed by atoms with E-state index in [-0.39, 0.29) is 11.3 Å². The summed E-state index contributed by atoms with van der Waals surface area (Å²) in [5, 5.41) is 5.96. The predicted molar refractivity (Wildman–Crippen MR) is 78.0 cm³/mol. The van der Waals surface area contributed by atoms with Crippen LogP contribution in [-0.2, 0) is 9.53 Å². The summed E-state index contributed by atoms with van der Waals surface area (Å²) in [4.78, 5) is 26.6. The van der Waals surface area contributed by atoms with Crippen molar-refractivity contribution in [3.8, 4) is 0 Å². The average Bonchev–Trinajstić information content (AvgIpc) is 2.37. The largest absolute Gasteiger partial charge is 0.458 e. The van der Waals surface area contributed by atoms with Gasteiger partial charge in [-0.25, -0.2) is 4.79 Å². The quantitative estimate of drug-likeness (QED) is 0.398. The van der Waals surface area contributed by atoms with Crippen molar-refractivity contribution in [3.63, 3.8) is 0 Å². The van der Waals surface area contributed by atoms with Gasteiger partial charge in [0.1, 0.15) is 11.6 Å². The summed E-state index contributed by atoms with van der Waals surface area (Å²) in [6.07, 6.45) is 0. The molecule has 0 aliphatic heterocycles. The first-order chi connectivity index (χ1) is 9.74. The minimum Gasteiger partial charge on any atom is -0.458 e. The third-order valence-corrected chi connectivity index (χ3v) is 2.41. The zero-order valence-corrected chi connectivity index (χ0v) is 12.5. The molecule has 0 saturated heterocycles. The second-order valence-corrected chi connectivity index (χ2v) is 5.44. The smallest absolute Gasteiger partial charge is 0.328 e. The number of ether oxygens (including phenoxy) is 1. The lowest BCUT2D eigenvalue weighted by molar-refractivity contribution is -0.156. The van der Waals surface area contributed by atoms with E-state index in [0.29, 0.717) is 0 Å². The topological polar surface area (TPSA) is 104 Å². The molecule has 0 unspecified atom stereocenters. The maximum Gasteiger partial charge on any atom is 0.328 e. The first kappa shape index (κ1) is 16.5. The fraction of sp³-hybridized carbons (Fsp3) is 0.429. The Balaban J connectivity index is 2.82. The van der Waals surface area contributed by atoms with Gasteiger partial charge in [-0.05, 0) is 39.3 Å². The van der Waals surface area contributed by atoms with Crippen molar-refractivity contribution in [3.05, 3.63) is 40.3 Å². The van der Waals surface area contributed by atoms with Crippen LogP contribution in [0.15, 0.2) is 29.4 Å². The Bertz CT molecular complexity index is 586. The fourth-order valence-corrected chi connectivity index (χ4v) is 1.52. The van der Waals surface area contributed by atoms with Crippen LogP contribution < -0.4 is 5.32 Å². The first-order valence-corrected chi connectivity index (χ1v) is 6.42. The highest BCUT2D eigenvalue weighted by Gasteiger charge is 2.23. The standard InChI is InChI=1S/C14H18N4O3/c1-9(13(20)21-14(2,3)4)16-12(19)10-7-5-6-8-11(10)17-18-15/h5-9H,1-4H3,(H,16,19)/t9-/m0/s1. The fourth-order valence-electron chi connectivity index (χ4n) is 1.52. The van der Waals surface area contributed by atoms with Crippen molar-refractivity contribution >= 4 is 17.6 Å². The number of carbonyl (C=O) groups excluding carboxylic acids is 2. The highest BCUT2D eigenvalue weighted by atomic mass is 16.6. The zero-order valence-electron chi connectivity index (χ0n) is 12.5. The van der Waals surface area contributed by atoms with Crippen LogP contribution >= 0.6 is 0 Å². The lowest BCUT2D eigenvalue weighted by atomic mass is 10.1. The molecule has 0 spiro atoms. The molecule has 112 valence electrons. The van der Waals surface area contributed by atoms with Crippen LogP contribution in [0.2, 0.25) is 0 Å². The number of rotatable bonds is 4. The summed E-state index contributed by atoms with van der Waals surface area (Å²) in [5.41, 5.74) is 8.25. The van der Waals surface area contributed by atoms with Crippen molar-refractivity contribution in [2.45, 2.75) is 39.3 Å². The zero-order chi connectivity index (χ0) is 16.0. The van der Waals surface area contributed by atoms with Gasteiger partial charge in [0.2, 0.25) is 0 Å². The number of hydrogen-bond acceptors (Lipinski definition) is 4. The SMILES string of the molecule is C[C@H](NC(=O)c1ccccc1N=[N+]=[N-])C(=O)OC(C)(C)C. The normalized spacial score (nSPS) is 12.0. The van der Waals surface area contributed by atoms with E-state index in [1.807, 2.05) is 0 Å². The van der Waals surface area contributed by atoms with E-state index < -0.39 is 23.5 Å². The molecule has 0 saturated carbocycles. The Morgan fingerprint density at radius 3 is 2.52 bits per heavy atom. The molecule has 0 aliphatic rings. The second kappa shape index (κ2) is 6.76. The van der Waals surface area contributed by atoms with Crippen molar-refractivity contribution < 1.29 is 14.3 Å². The predicted octanol–water partition coefficient (Wildman–Crippen LogP) is 3.09.